The molecule has 4 fully saturated rings. The van der Waals surface area contributed by atoms with Gasteiger partial charge in [-0.15, -0.1) is 0 Å². The van der Waals surface area contributed by atoms with Gasteiger partial charge in [0.25, 0.3) is 0 Å². The minimum Gasteiger partial charge on any atom is -0.358 e. The molecule has 0 saturated heterocycles. The molecule has 0 amide bonds. The van der Waals surface area contributed by atoms with Gasteiger partial charge >= 0.3 is 39.0 Å². The topological polar surface area (TPSA) is 103 Å². The average molecular weight is 1070 g/mol. The van der Waals surface area contributed by atoms with Crippen LogP contribution < -0.4 is 0 Å². The molecule has 8 nitrogen and oxygen atoms in total. The first-order chi connectivity index (χ1) is 32.8. The first-order valence-electron chi connectivity index (χ1n) is 23.5. The maximum atomic E-state index is 4.19. The molecule has 4 aliphatic rings. The second-order valence-corrected chi connectivity index (χ2v) is 16.9. The maximum Gasteiger partial charge on any atom is 2.00 e. The van der Waals surface area contributed by atoms with Crippen LogP contribution in [0.15, 0.2) is 195 Å². The van der Waals surface area contributed by atoms with E-state index >= 15 is 0 Å². The molecule has 10 heteroatoms. The number of pyridine rings is 8. The summed E-state index contributed by atoms with van der Waals surface area (Å²) in [5.41, 5.74) is 7.32. The number of aromatic nitrogens is 8. The number of hydrogen-bond acceptors (Lipinski definition) is 8. The molecule has 4 unspecified atom stereocenters. The first-order valence-corrected chi connectivity index (χ1v) is 23.5. The molecule has 0 radical (unpaired) electrons. The Bertz CT molecular complexity index is 2010. The van der Waals surface area contributed by atoms with E-state index in [1.165, 1.54) is 51.4 Å². The molecule has 8 aromatic rings. The van der Waals surface area contributed by atoms with Crippen molar-refractivity contribution >= 4 is 0 Å². The van der Waals surface area contributed by atoms with E-state index < -0.39 is 0 Å². The van der Waals surface area contributed by atoms with E-state index in [2.05, 4.69) is 65.6 Å². The van der Waals surface area contributed by atoms with Gasteiger partial charge < -0.3 is 37.5 Å². The van der Waals surface area contributed by atoms with E-state index in [4.69, 9.17) is 0 Å². The fourth-order valence-corrected chi connectivity index (χ4v) is 9.23. The predicted octanol–water partition coefficient (Wildman–Crippen LogP) is 13.2. The van der Waals surface area contributed by atoms with Crippen LogP contribution in [0, 0.1) is 61.2 Å². The van der Waals surface area contributed by atoms with Gasteiger partial charge in [-0.1, -0.05) is 99.9 Å². The van der Waals surface area contributed by atoms with Gasteiger partial charge in [-0.2, -0.15) is 23.7 Å². The zero-order chi connectivity index (χ0) is 44.9. The second-order valence-electron chi connectivity index (χ2n) is 16.9. The monoisotopic (exact) mass is 1070 g/mol. The van der Waals surface area contributed by atoms with E-state index in [1.807, 2.05) is 146 Å². The predicted molar refractivity (Wildman–Crippen MR) is 265 cm³/mol. The molecule has 0 N–H and O–H groups in total. The largest absolute Gasteiger partial charge is 2.00 e. The molecule has 0 spiro atoms. The zero-order valence-electron chi connectivity index (χ0n) is 38.2. The fraction of sp³-hybridized carbons (Fsp3) is 0.241. The summed E-state index contributed by atoms with van der Waals surface area (Å²) in [5, 5.41) is 0. The Balaban J connectivity index is 0.000000141. The van der Waals surface area contributed by atoms with Gasteiger partial charge in [0, 0.05) is 49.6 Å². The normalized spacial score (nSPS) is 20.6. The van der Waals surface area contributed by atoms with Gasteiger partial charge in [-0.25, -0.2) is 0 Å². The maximum absolute atomic E-state index is 4.19. The molecule has 8 aromatic heterocycles. The summed E-state index contributed by atoms with van der Waals surface area (Å²) < 4.78 is 0. The Morgan fingerprint density at radius 1 is 0.250 bits per heavy atom. The summed E-state index contributed by atoms with van der Waals surface area (Å²) in [5.74, 6) is 5.34. The van der Waals surface area contributed by atoms with E-state index in [0.717, 1.165) is 81.1 Å². The summed E-state index contributed by atoms with van der Waals surface area (Å²) in [6.45, 7) is 0. The van der Waals surface area contributed by atoms with Crippen LogP contribution in [0.25, 0.3) is 45.6 Å². The van der Waals surface area contributed by atoms with Crippen LogP contribution in [0.5, 0.6) is 0 Å². The van der Waals surface area contributed by atoms with Crippen LogP contribution >= 0.6 is 0 Å². The Kier molecular flexibility index (Phi) is 21.9. The van der Waals surface area contributed by atoms with Crippen LogP contribution in [0.2, 0.25) is 0 Å². The van der Waals surface area contributed by atoms with Crippen LogP contribution in [0.3, 0.4) is 0 Å². The molecule has 4 atom stereocenters. The summed E-state index contributed by atoms with van der Waals surface area (Å²) in [4.78, 5) is 33.5. The Morgan fingerprint density at radius 3 is 0.544 bits per heavy atom. The van der Waals surface area contributed by atoms with E-state index in [1.54, 1.807) is 49.6 Å². The van der Waals surface area contributed by atoms with Crippen molar-refractivity contribution in [3.05, 3.63) is 221 Å². The molecule has 0 aromatic carbocycles. The van der Waals surface area contributed by atoms with Crippen LogP contribution in [0.4, 0.5) is 0 Å². The summed E-state index contributed by atoms with van der Waals surface area (Å²) in [7, 11) is 0. The molecule has 12 rings (SSSR count). The molecule has 0 aliphatic heterocycles. The summed E-state index contributed by atoms with van der Waals surface area (Å²) in [6, 6.07) is 46.4. The van der Waals surface area contributed by atoms with Gasteiger partial charge in [0.2, 0.25) is 0 Å². The van der Waals surface area contributed by atoms with Gasteiger partial charge in [-0.3, -0.25) is 39.9 Å². The van der Waals surface area contributed by atoms with Crippen molar-refractivity contribution in [1.82, 2.24) is 39.9 Å². The van der Waals surface area contributed by atoms with E-state index in [0.29, 0.717) is 0 Å². The zero-order valence-corrected chi connectivity index (χ0v) is 41.7. The minimum atomic E-state index is 0. The number of fused-ring (bicyclic) bond motifs is 2. The molecule has 8 heterocycles. The molecule has 346 valence electrons. The number of nitrogens with zero attached hydrogens (tertiary/aromatic N) is 8. The van der Waals surface area contributed by atoms with Crippen molar-refractivity contribution in [3.63, 3.8) is 0 Å². The smallest absolute Gasteiger partial charge is 0.358 e. The van der Waals surface area contributed by atoms with Crippen LogP contribution in [0.1, 0.15) is 51.4 Å². The van der Waals surface area contributed by atoms with Gasteiger partial charge in [0.15, 0.2) is 0 Å². The quantitative estimate of drug-likeness (QED) is 0.124. The standard InChI is InChI=1S/C18H26.4C10H8N2.2Ru/c1-2-6-14-10-17(9-13(14)5-1)18-11-15-7-3-4-8-16(15)12-18;4*1-3-7-11-9(5-1)10-6-2-4-8-12-10;;/h9-18H,1-8H2;4*1-8H;;/q-4;;;;;2*+2. The SMILES string of the molecule is [CH-]1C(C2[CH-]C3CCCCC3[CH-]2)[CH-]C2CCCCC12.[Ru+2].[Ru+2].c1ccc(-c2ccccn2)nc1.c1ccc(-c2ccccn2)nc1.c1ccc(-c2ccccn2)nc1.c1ccc(-c2ccccn2)nc1. The van der Waals surface area contributed by atoms with Crippen molar-refractivity contribution in [2.24, 2.45) is 35.5 Å². The van der Waals surface area contributed by atoms with Crippen molar-refractivity contribution in [2.45, 2.75) is 51.4 Å². The molecule has 68 heavy (non-hydrogen) atoms. The third-order valence-corrected chi connectivity index (χ3v) is 12.4. The van der Waals surface area contributed by atoms with Crippen molar-refractivity contribution in [1.29, 1.82) is 0 Å². The summed E-state index contributed by atoms with van der Waals surface area (Å²) >= 11 is 0. The Labute approximate surface area is 429 Å². The van der Waals surface area contributed by atoms with Crippen LogP contribution in [-0.4, -0.2) is 39.9 Å². The van der Waals surface area contributed by atoms with Gasteiger partial charge in [0.1, 0.15) is 0 Å². The van der Waals surface area contributed by atoms with Gasteiger partial charge in [-0.05, 0) is 97.1 Å². The minimum absolute atomic E-state index is 0. The molecular formula is C58H58N8Ru2. The van der Waals surface area contributed by atoms with Crippen molar-refractivity contribution < 1.29 is 39.0 Å². The number of rotatable bonds is 5. The van der Waals surface area contributed by atoms with Crippen molar-refractivity contribution in [3.8, 4) is 45.6 Å². The van der Waals surface area contributed by atoms with E-state index in [9.17, 15) is 0 Å². The van der Waals surface area contributed by atoms with Crippen molar-refractivity contribution in [2.75, 3.05) is 0 Å². The Hall–Kier alpha value is -5.55. The third-order valence-electron chi connectivity index (χ3n) is 12.4. The second kappa shape index (κ2) is 28.7. The third kappa shape index (κ3) is 15.8. The molecule has 4 saturated carbocycles. The first kappa shape index (κ1) is 51.8. The number of hydrogen-bond donors (Lipinski definition) is 0. The van der Waals surface area contributed by atoms with Crippen LogP contribution in [-0.2, 0) is 39.0 Å². The summed E-state index contributed by atoms with van der Waals surface area (Å²) in [6.07, 6.45) is 36.8. The molecular weight excluding hydrogens is 1010 g/mol. The molecule has 0 bridgehead atoms. The average Bonchev–Trinajstić information content (AvgIpc) is 4.07. The molecule has 4 aliphatic carbocycles. The Morgan fingerprint density at radius 2 is 0.412 bits per heavy atom. The van der Waals surface area contributed by atoms with E-state index in [-0.39, 0.29) is 39.0 Å². The fourth-order valence-electron chi connectivity index (χ4n) is 9.23. The van der Waals surface area contributed by atoms with Gasteiger partial charge in [0.05, 0.1) is 45.6 Å².